The number of rotatable bonds is 4. The van der Waals surface area contributed by atoms with Crippen LogP contribution >= 0.6 is 0 Å². The van der Waals surface area contributed by atoms with Crippen LogP contribution in [-0.4, -0.2) is 11.9 Å². The quantitative estimate of drug-likeness (QED) is 0.490. The minimum Gasteiger partial charge on any atom is -0.427 e. The lowest BCUT2D eigenvalue weighted by molar-refractivity contribution is -0.132. The zero-order chi connectivity index (χ0) is 16.1. The van der Waals surface area contributed by atoms with E-state index in [2.05, 4.69) is 6.58 Å². The van der Waals surface area contributed by atoms with E-state index in [-0.39, 0.29) is 5.57 Å². The molecular weight excluding hydrogens is 280 g/mol. The molecule has 0 spiro atoms. The second-order valence-electron chi connectivity index (χ2n) is 4.79. The summed E-state index contributed by atoms with van der Waals surface area (Å²) in [5.41, 5.74) is 1.91. The fourth-order valence-corrected chi connectivity index (χ4v) is 1.86. The average Bonchev–Trinajstić information content (AvgIpc) is 2.47. The number of esters is 2. The number of ether oxygens (including phenoxy) is 2. The maximum absolute atomic E-state index is 11.8. The predicted octanol–water partition coefficient (Wildman–Crippen LogP) is 3.76. The highest BCUT2D eigenvalue weighted by Crippen LogP contribution is 2.33. The van der Waals surface area contributed by atoms with Crippen LogP contribution in [0.25, 0.3) is 11.1 Å². The van der Waals surface area contributed by atoms with E-state index < -0.39 is 11.9 Å². The Bertz CT molecular complexity index is 717. The number of hydrogen-bond donors (Lipinski definition) is 0. The fraction of sp³-hybridized carbons (Fsp3) is 0.111. The van der Waals surface area contributed by atoms with Gasteiger partial charge in [-0.1, -0.05) is 36.9 Å². The molecule has 4 heteroatoms. The molecule has 0 bridgehead atoms. The van der Waals surface area contributed by atoms with Crippen LogP contribution in [0.2, 0.25) is 0 Å². The van der Waals surface area contributed by atoms with Crippen molar-refractivity contribution in [1.82, 2.24) is 0 Å². The van der Waals surface area contributed by atoms with Crippen molar-refractivity contribution in [2.45, 2.75) is 13.8 Å². The molecule has 0 unspecified atom stereocenters. The predicted molar refractivity (Wildman–Crippen MR) is 83.6 cm³/mol. The molecule has 0 aliphatic carbocycles. The maximum atomic E-state index is 11.8. The first-order valence-electron chi connectivity index (χ1n) is 6.73. The molecule has 0 aliphatic heterocycles. The third-order valence-corrected chi connectivity index (χ3v) is 2.85. The van der Waals surface area contributed by atoms with E-state index in [9.17, 15) is 9.59 Å². The molecule has 0 aliphatic rings. The molecule has 0 aromatic heterocycles. The lowest BCUT2D eigenvalue weighted by Gasteiger charge is -2.12. The Balaban J connectivity index is 2.45. The van der Waals surface area contributed by atoms with Crippen LogP contribution in [-0.2, 0) is 9.59 Å². The van der Waals surface area contributed by atoms with E-state index in [0.717, 1.165) is 11.1 Å². The molecule has 0 heterocycles. The molecule has 0 radical (unpaired) electrons. The van der Waals surface area contributed by atoms with Crippen LogP contribution < -0.4 is 9.47 Å². The van der Waals surface area contributed by atoms with E-state index >= 15 is 0 Å². The molecule has 0 N–H and O–H groups in total. The van der Waals surface area contributed by atoms with Gasteiger partial charge < -0.3 is 9.47 Å². The molecule has 112 valence electrons. The summed E-state index contributed by atoms with van der Waals surface area (Å²) in [4.78, 5) is 22.9. The van der Waals surface area contributed by atoms with E-state index in [0.29, 0.717) is 11.5 Å². The maximum Gasteiger partial charge on any atom is 0.338 e. The summed E-state index contributed by atoms with van der Waals surface area (Å²) >= 11 is 0. The monoisotopic (exact) mass is 296 g/mol. The van der Waals surface area contributed by atoms with Crippen LogP contribution in [0, 0.1) is 0 Å². The average molecular weight is 296 g/mol. The fourth-order valence-electron chi connectivity index (χ4n) is 1.86. The van der Waals surface area contributed by atoms with Crippen molar-refractivity contribution in [3.8, 4) is 22.6 Å². The SMILES string of the molecule is C=C(C)C(=O)Oc1cc(OC(C)=O)ccc1-c1ccccc1. The van der Waals surface area contributed by atoms with Gasteiger partial charge in [-0.15, -0.1) is 0 Å². The minimum absolute atomic E-state index is 0.289. The molecule has 2 aromatic carbocycles. The summed E-state index contributed by atoms with van der Waals surface area (Å²) in [7, 11) is 0. The summed E-state index contributed by atoms with van der Waals surface area (Å²) in [6.07, 6.45) is 0. The number of benzene rings is 2. The largest absolute Gasteiger partial charge is 0.427 e. The first-order valence-corrected chi connectivity index (χ1v) is 6.73. The summed E-state index contributed by atoms with van der Waals surface area (Å²) in [5, 5.41) is 0. The van der Waals surface area contributed by atoms with Gasteiger partial charge in [0.05, 0.1) is 0 Å². The van der Waals surface area contributed by atoms with Crippen molar-refractivity contribution < 1.29 is 19.1 Å². The molecule has 4 nitrogen and oxygen atoms in total. The summed E-state index contributed by atoms with van der Waals surface area (Å²) < 4.78 is 10.4. The Labute approximate surface area is 129 Å². The smallest absolute Gasteiger partial charge is 0.338 e. The van der Waals surface area contributed by atoms with E-state index in [1.165, 1.54) is 13.0 Å². The third-order valence-electron chi connectivity index (χ3n) is 2.85. The second-order valence-corrected chi connectivity index (χ2v) is 4.79. The zero-order valence-corrected chi connectivity index (χ0v) is 12.5. The molecule has 0 saturated carbocycles. The van der Waals surface area contributed by atoms with Crippen LogP contribution in [0.1, 0.15) is 13.8 Å². The number of carbonyl (C=O) groups excluding carboxylic acids is 2. The zero-order valence-electron chi connectivity index (χ0n) is 12.5. The molecule has 2 rings (SSSR count). The molecule has 2 aromatic rings. The summed E-state index contributed by atoms with van der Waals surface area (Å²) in [5.74, 6) is -0.337. The van der Waals surface area contributed by atoms with E-state index in [4.69, 9.17) is 9.47 Å². The Morgan fingerprint density at radius 1 is 0.955 bits per heavy atom. The van der Waals surface area contributed by atoms with Crippen molar-refractivity contribution in [2.75, 3.05) is 0 Å². The number of hydrogen-bond acceptors (Lipinski definition) is 4. The van der Waals surface area contributed by atoms with Crippen molar-refractivity contribution in [3.63, 3.8) is 0 Å². The molecular formula is C18H16O4. The Hall–Kier alpha value is -2.88. The lowest BCUT2D eigenvalue weighted by Crippen LogP contribution is -2.09. The second kappa shape index (κ2) is 6.72. The van der Waals surface area contributed by atoms with Gasteiger partial charge in [-0.2, -0.15) is 0 Å². The van der Waals surface area contributed by atoms with Crippen LogP contribution in [0.4, 0.5) is 0 Å². The normalized spacial score (nSPS) is 9.91. The first kappa shape index (κ1) is 15.5. The van der Waals surface area contributed by atoms with Gasteiger partial charge >= 0.3 is 11.9 Å². The Morgan fingerprint density at radius 2 is 1.64 bits per heavy atom. The topological polar surface area (TPSA) is 52.6 Å². The molecule has 0 fully saturated rings. The van der Waals surface area contributed by atoms with Gasteiger partial charge in [0, 0.05) is 24.1 Å². The molecule has 0 atom stereocenters. The van der Waals surface area contributed by atoms with Gasteiger partial charge in [-0.25, -0.2) is 4.79 Å². The minimum atomic E-state index is -0.530. The van der Waals surface area contributed by atoms with Crippen molar-refractivity contribution in [2.24, 2.45) is 0 Å². The van der Waals surface area contributed by atoms with Gasteiger partial charge in [0.1, 0.15) is 11.5 Å². The lowest BCUT2D eigenvalue weighted by atomic mass is 10.0. The van der Waals surface area contributed by atoms with Gasteiger partial charge in [-0.05, 0) is 24.6 Å². The third kappa shape index (κ3) is 3.82. The highest BCUT2D eigenvalue weighted by atomic mass is 16.5. The molecule has 0 amide bonds. The molecule has 0 saturated heterocycles. The van der Waals surface area contributed by atoms with Crippen molar-refractivity contribution >= 4 is 11.9 Å². The van der Waals surface area contributed by atoms with Gasteiger partial charge in [0.2, 0.25) is 0 Å². The number of carbonyl (C=O) groups is 2. The Morgan fingerprint density at radius 3 is 2.23 bits per heavy atom. The molecule has 22 heavy (non-hydrogen) atoms. The van der Waals surface area contributed by atoms with Gasteiger partial charge in [0.25, 0.3) is 0 Å². The summed E-state index contributed by atoms with van der Waals surface area (Å²) in [6, 6.07) is 14.4. The highest BCUT2D eigenvalue weighted by molar-refractivity contribution is 5.90. The van der Waals surface area contributed by atoms with Gasteiger partial charge in [0.15, 0.2) is 0 Å². The van der Waals surface area contributed by atoms with E-state index in [1.54, 1.807) is 19.1 Å². The van der Waals surface area contributed by atoms with Crippen LogP contribution in [0.5, 0.6) is 11.5 Å². The van der Waals surface area contributed by atoms with Gasteiger partial charge in [-0.3, -0.25) is 4.79 Å². The van der Waals surface area contributed by atoms with Crippen molar-refractivity contribution in [3.05, 3.63) is 60.7 Å². The van der Waals surface area contributed by atoms with Crippen LogP contribution in [0.3, 0.4) is 0 Å². The van der Waals surface area contributed by atoms with Crippen molar-refractivity contribution in [1.29, 1.82) is 0 Å². The highest BCUT2D eigenvalue weighted by Gasteiger charge is 2.13. The Kier molecular flexibility index (Phi) is 4.73. The van der Waals surface area contributed by atoms with E-state index in [1.807, 2.05) is 30.3 Å². The standard InChI is InChI=1S/C18H16O4/c1-12(2)18(20)22-17-11-15(21-13(3)19)9-10-16(17)14-7-5-4-6-8-14/h4-11H,1H2,2-3H3. The van der Waals surface area contributed by atoms with Crippen LogP contribution in [0.15, 0.2) is 60.7 Å². The summed E-state index contributed by atoms with van der Waals surface area (Å²) in [6.45, 7) is 6.44. The first-order chi connectivity index (χ1) is 10.5.